The van der Waals surface area contributed by atoms with Crippen LogP contribution in [-0.2, 0) is 9.53 Å². The lowest BCUT2D eigenvalue weighted by molar-refractivity contribution is -0.105. The molecule has 4 nitrogen and oxygen atoms in total. The summed E-state index contributed by atoms with van der Waals surface area (Å²) >= 11 is 7.10. The number of nitrogens with one attached hydrogen (secondary N) is 1. The maximum Gasteiger partial charge on any atom is 0.341 e. The molecule has 1 amide bonds. The fraction of sp³-hybridized carbons (Fsp3) is 0.143. The summed E-state index contributed by atoms with van der Waals surface area (Å²) < 4.78 is 19.1. The zero-order chi connectivity index (χ0) is 15.4. The summed E-state index contributed by atoms with van der Waals surface area (Å²) in [6.07, 6.45) is 0.427. The van der Waals surface area contributed by atoms with Crippen LogP contribution in [0, 0.1) is 5.82 Å². The lowest BCUT2D eigenvalue weighted by Crippen LogP contribution is -2.08. The van der Waals surface area contributed by atoms with Crippen LogP contribution in [0.4, 0.5) is 9.39 Å². The standard InChI is InChI=1S/C14H11ClFNO3S/c1-2-20-14(19)11-10(8-5-3-4-6-9(8)16)12(15)21-13(11)17-7-18/h3-7H,2H2,1H3,(H,17,18). The van der Waals surface area contributed by atoms with Crippen molar-refractivity contribution in [3.63, 3.8) is 0 Å². The molecule has 0 aliphatic carbocycles. The Morgan fingerprint density at radius 2 is 2.19 bits per heavy atom. The van der Waals surface area contributed by atoms with Crippen molar-refractivity contribution in [1.29, 1.82) is 0 Å². The first-order chi connectivity index (χ1) is 10.1. The number of amides is 1. The topological polar surface area (TPSA) is 55.4 Å². The third-order valence-electron chi connectivity index (χ3n) is 2.68. The second-order valence-corrected chi connectivity index (χ2v) is 5.54. The minimum absolute atomic E-state index is 0.0593. The van der Waals surface area contributed by atoms with Crippen molar-refractivity contribution in [1.82, 2.24) is 0 Å². The number of thiophene rings is 1. The van der Waals surface area contributed by atoms with E-state index in [2.05, 4.69) is 5.32 Å². The Balaban J connectivity index is 2.67. The van der Waals surface area contributed by atoms with Crippen LogP contribution in [0.2, 0.25) is 4.34 Å². The molecule has 0 aliphatic heterocycles. The van der Waals surface area contributed by atoms with E-state index in [9.17, 15) is 14.0 Å². The van der Waals surface area contributed by atoms with Gasteiger partial charge >= 0.3 is 5.97 Å². The zero-order valence-corrected chi connectivity index (χ0v) is 12.6. The summed E-state index contributed by atoms with van der Waals surface area (Å²) in [7, 11) is 0. The SMILES string of the molecule is CCOC(=O)c1c(NC=O)sc(Cl)c1-c1ccccc1F. The molecule has 1 aromatic carbocycles. The van der Waals surface area contributed by atoms with Crippen molar-refractivity contribution in [2.45, 2.75) is 6.92 Å². The lowest BCUT2D eigenvalue weighted by Gasteiger charge is -2.07. The van der Waals surface area contributed by atoms with Crippen LogP contribution in [0.25, 0.3) is 11.1 Å². The molecule has 7 heteroatoms. The number of carbonyl (C=O) groups excluding carboxylic acids is 2. The number of halogens is 2. The fourth-order valence-electron chi connectivity index (χ4n) is 1.86. The van der Waals surface area contributed by atoms with E-state index in [0.29, 0.717) is 6.41 Å². The number of ether oxygens (including phenoxy) is 1. The van der Waals surface area contributed by atoms with Crippen molar-refractivity contribution in [2.75, 3.05) is 11.9 Å². The van der Waals surface area contributed by atoms with E-state index in [1.165, 1.54) is 18.2 Å². The van der Waals surface area contributed by atoms with Gasteiger partial charge in [0.1, 0.15) is 20.7 Å². The van der Waals surface area contributed by atoms with E-state index in [-0.39, 0.29) is 32.6 Å². The molecule has 1 N–H and O–H groups in total. The van der Waals surface area contributed by atoms with Crippen molar-refractivity contribution in [3.05, 3.63) is 40.0 Å². The van der Waals surface area contributed by atoms with Crippen LogP contribution in [0.1, 0.15) is 17.3 Å². The molecule has 21 heavy (non-hydrogen) atoms. The predicted molar refractivity (Wildman–Crippen MR) is 80.4 cm³/mol. The molecule has 0 aliphatic rings. The Labute approximate surface area is 129 Å². The van der Waals surface area contributed by atoms with Gasteiger partial charge in [0.2, 0.25) is 6.41 Å². The summed E-state index contributed by atoms with van der Waals surface area (Å²) in [5, 5.41) is 2.62. The highest BCUT2D eigenvalue weighted by atomic mass is 35.5. The Morgan fingerprint density at radius 3 is 2.81 bits per heavy atom. The van der Waals surface area contributed by atoms with E-state index in [1.807, 2.05) is 0 Å². The molecule has 0 saturated heterocycles. The molecule has 2 aromatic rings. The molecule has 1 heterocycles. The van der Waals surface area contributed by atoms with Crippen LogP contribution in [-0.4, -0.2) is 19.0 Å². The predicted octanol–water partition coefficient (Wildman–Crippen LogP) is 3.95. The van der Waals surface area contributed by atoms with Gasteiger partial charge in [0.25, 0.3) is 0 Å². The Kier molecular flexibility index (Phi) is 4.93. The molecule has 2 rings (SSSR count). The van der Waals surface area contributed by atoms with Gasteiger partial charge in [-0.2, -0.15) is 0 Å². The zero-order valence-electron chi connectivity index (χ0n) is 11.0. The number of esters is 1. The minimum atomic E-state index is -0.664. The van der Waals surface area contributed by atoms with Crippen molar-refractivity contribution >= 4 is 40.3 Å². The first kappa shape index (κ1) is 15.5. The number of carbonyl (C=O) groups is 2. The van der Waals surface area contributed by atoms with Crippen molar-refractivity contribution in [2.24, 2.45) is 0 Å². The number of benzene rings is 1. The fourth-order valence-corrected chi connectivity index (χ4v) is 3.18. The second-order valence-electron chi connectivity index (χ2n) is 3.92. The van der Waals surface area contributed by atoms with Gasteiger partial charge in [0.15, 0.2) is 0 Å². The van der Waals surface area contributed by atoms with Crippen molar-refractivity contribution in [3.8, 4) is 11.1 Å². The molecule has 0 spiro atoms. The van der Waals surface area contributed by atoms with Crippen LogP contribution >= 0.6 is 22.9 Å². The molecular weight excluding hydrogens is 317 g/mol. The highest BCUT2D eigenvalue weighted by Gasteiger charge is 2.26. The first-order valence-electron chi connectivity index (χ1n) is 6.04. The highest BCUT2D eigenvalue weighted by molar-refractivity contribution is 7.21. The van der Waals surface area contributed by atoms with Crippen LogP contribution < -0.4 is 5.32 Å². The lowest BCUT2D eigenvalue weighted by atomic mass is 10.0. The molecule has 1 aromatic heterocycles. The molecule has 110 valence electrons. The Morgan fingerprint density at radius 1 is 1.48 bits per heavy atom. The molecule has 0 bridgehead atoms. The maximum absolute atomic E-state index is 14.0. The molecule has 0 saturated carbocycles. The summed E-state index contributed by atoms with van der Waals surface area (Å²) in [5.41, 5.74) is 0.465. The molecule has 0 fully saturated rings. The summed E-state index contributed by atoms with van der Waals surface area (Å²) in [5.74, 6) is -1.18. The molecule has 0 radical (unpaired) electrons. The average Bonchev–Trinajstić information content (AvgIpc) is 2.76. The van der Waals surface area contributed by atoms with Gasteiger partial charge in [0.05, 0.1) is 6.61 Å². The number of anilines is 1. The van der Waals surface area contributed by atoms with E-state index >= 15 is 0 Å². The first-order valence-corrected chi connectivity index (χ1v) is 7.24. The number of hydrogen-bond donors (Lipinski definition) is 1. The van der Waals surface area contributed by atoms with E-state index in [0.717, 1.165) is 11.3 Å². The van der Waals surface area contributed by atoms with E-state index < -0.39 is 11.8 Å². The summed E-state index contributed by atoms with van der Waals surface area (Å²) in [4.78, 5) is 22.8. The van der Waals surface area contributed by atoms with Gasteiger partial charge in [-0.1, -0.05) is 29.8 Å². The maximum atomic E-state index is 14.0. The third-order valence-corrected chi connectivity index (χ3v) is 4.01. The second kappa shape index (κ2) is 6.69. The molecule has 0 unspecified atom stereocenters. The summed E-state index contributed by atoms with van der Waals surface area (Å²) in [6.45, 7) is 1.81. The molecule has 0 atom stereocenters. The van der Waals surface area contributed by atoms with Crippen LogP contribution in [0.5, 0.6) is 0 Å². The Hall–Kier alpha value is -1.92. The third kappa shape index (κ3) is 3.06. The van der Waals surface area contributed by atoms with E-state index in [4.69, 9.17) is 16.3 Å². The number of hydrogen-bond acceptors (Lipinski definition) is 4. The van der Waals surface area contributed by atoms with Crippen molar-refractivity contribution < 1.29 is 18.7 Å². The van der Waals surface area contributed by atoms with Gasteiger partial charge in [-0.15, -0.1) is 11.3 Å². The van der Waals surface area contributed by atoms with Gasteiger partial charge in [-0.05, 0) is 13.0 Å². The monoisotopic (exact) mass is 327 g/mol. The van der Waals surface area contributed by atoms with Crippen LogP contribution in [0.3, 0.4) is 0 Å². The number of rotatable bonds is 5. The largest absolute Gasteiger partial charge is 0.462 e. The normalized spacial score (nSPS) is 10.2. The minimum Gasteiger partial charge on any atom is -0.462 e. The van der Waals surface area contributed by atoms with Gasteiger partial charge in [0, 0.05) is 11.1 Å². The van der Waals surface area contributed by atoms with Gasteiger partial charge in [-0.25, -0.2) is 9.18 Å². The molecular formula is C14H11ClFNO3S. The van der Waals surface area contributed by atoms with Gasteiger partial charge < -0.3 is 10.1 Å². The Bertz CT molecular complexity index is 687. The quantitative estimate of drug-likeness (QED) is 0.668. The summed E-state index contributed by atoms with van der Waals surface area (Å²) in [6, 6.07) is 5.95. The van der Waals surface area contributed by atoms with Crippen LogP contribution in [0.15, 0.2) is 24.3 Å². The van der Waals surface area contributed by atoms with Gasteiger partial charge in [-0.3, -0.25) is 4.79 Å². The highest BCUT2D eigenvalue weighted by Crippen LogP contribution is 2.44. The average molecular weight is 328 g/mol. The van der Waals surface area contributed by atoms with E-state index in [1.54, 1.807) is 13.0 Å². The smallest absolute Gasteiger partial charge is 0.341 e.